The van der Waals surface area contributed by atoms with Crippen molar-refractivity contribution in [3.8, 4) is 11.1 Å². The van der Waals surface area contributed by atoms with Crippen molar-refractivity contribution in [2.45, 2.75) is 70.5 Å². The van der Waals surface area contributed by atoms with Crippen molar-refractivity contribution in [1.29, 1.82) is 0 Å². The summed E-state index contributed by atoms with van der Waals surface area (Å²) in [6.45, 7) is 2.04. The molecule has 3 rings (SSSR count). The molecule has 1 unspecified atom stereocenters. The molecule has 5 nitrogen and oxygen atoms in total. The van der Waals surface area contributed by atoms with Crippen LogP contribution in [0.25, 0.3) is 11.1 Å². The van der Waals surface area contributed by atoms with E-state index in [1.165, 1.54) is 32.1 Å². The van der Waals surface area contributed by atoms with Gasteiger partial charge in [-0.15, -0.1) is 0 Å². The molecule has 2 atom stereocenters. The second-order valence-electron chi connectivity index (χ2n) is 9.59. The molecule has 0 aliphatic heterocycles. The van der Waals surface area contributed by atoms with Crippen molar-refractivity contribution in [1.82, 2.24) is 10.2 Å². The second kappa shape index (κ2) is 13.7. The average molecular weight is 497 g/mol. The molecule has 0 heterocycles. The number of amides is 1. The molecular formula is C29H40N2O3S. The van der Waals surface area contributed by atoms with E-state index in [0.29, 0.717) is 23.7 Å². The lowest BCUT2D eigenvalue weighted by Crippen LogP contribution is -2.55. The highest BCUT2D eigenvalue weighted by Gasteiger charge is 2.36. The number of carbonyl (C=O) groups is 2. The Bertz CT molecular complexity index is 974. The molecular weight excluding hydrogens is 456 g/mol. The van der Waals surface area contributed by atoms with Gasteiger partial charge in [0.1, 0.15) is 6.04 Å². The Morgan fingerprint density at radius 3 is 2.31 bits per heavy atom. The fourth-order valence-electron chi connectivity index (χ4n) is 5.32. The minimum atomic E-state index is -0.946. The Balaban J connectivity index is 1.99. The predicted octanol–water partition coefficient (Wildman–Crippen LogP) is 6.22. The van der Waals surface area contributed by atoms with Gasteiger partial charge in [0.25, 0.3) is 5.91 Å². The topological polar surface area (TPSA) is 69.6 Å². The zero-order chi connectivity index (χ0) is 25.2. The first-order valence-electron chi connectivity index (χ1n) is 12.8. The van der Waals surface area contributed by atoms with Gasteiger partial charge in [0, 0.05) is 5.56 Å². The first-order chi connectivity index (χ1) is 17.0. The summed E-state index contributed by atoms with van der Waals surface area (Å²) in [5.41, 5.74) is 3.47. The van der Waals surface area contributed by atoms with Gasteiger partial charge in [-0.2, -0.15) is 11.8 Å². The smallest absolute Gasteiger partial charge is 0.326 e. The maximum absolute atomic E-state index is 14.2. The largest absolute Gasteiger partial charge is 0.480 e. The molecule has 0 bridgehead atoms. The Labute approximate surface area is 214 Å². The van der Waals surface area contributed by atoms with Gasteiger partial charge in [0.2, 0.25) is 0 Å². The van der Waals surface area contributed by atoms with E-state index in [0.717, 1.165) is 29.5 Å². The van der Waals surface area contributed by atoms with Crippen LogP contribution in [0.5, 0.6) is 0 Å². The predicted molar refractivity (Wildman–Crippen MR) is 146 cm³/mol. The number of hydrogen-bond donors (Lipinski definition) is 2. The normalized spacial score (nSPS) is 16.0. The van der Waals surface area contributed by atoms with E-state index in [4.69, 9.17) is 0 Å². The number of benzene rings is 2. The fraction of sp³-hybridized carbons (Fsp3) is 0.517. The van der Waals surface area contributed by atoms with Gasteiger partial charge in [-0.25, -0.2) is 4.79 Å². The number of aryl methyl sites for hydroxylation is 1. The third kappa shape index (κ3) is 7.11. The van der Waals surface area contributed by atoms with Crippen LogP contribution >= 0.6 is 11.8 Å². The third-order valence-corrected chi connectivity index (χ3v) is 7.93. The van der Waals surface area contributed by atoms with Gasteiger partial charge in [0.05, 0.1) is 6.17 Å². The summed E-state index contributed by atoms with van der Waals surface area (Å²) < 4.78 is 0. The zero-order valence-electron chi connectivity index (χ0n) is 21.3. The lowest BCUT2D eigenvalue weighted by atomic mass is 9.85. The number of carboxylic acid groups (broad SMARTS) is 1. The highest BCUT2D eigenvalue weighted by molar-refractivity contribution is 7.98. The summed E-state index contributed by atoms with van der Waals surface area (Å²) in [7, 11) is 1.84. The molecule has 0 aromatic heterocycles. The minimum Gasteiger partial charge on any atom is -0.480 e. The Morgan fingerprint density at radius 1 is 1.03 bits per heavy atom. The molecule has 2 aromatic carbocycles. The zero-order valence-corrected chi connectivity index (χ0v) is 22.2. The van der Waals surface area contributed by atoms with Crippen LogP contribution in [-0.4, -0.2) is 53.1 Å². The standard InChI is InChI=1S/C29H40N2O3S/c1-21-11-7-8-14-23(21)24-15-9-10-16-25(24)28(32)31(26(29(33)34)19-20-35-3)27(30-2)18-17-22-12-5-4-6-13-22/h7-11,14-16,22,26-27,30H,4-6,12-13,17-20H2,1-3H3,(H,33,34)/t26-,27?/m0/s1. The summed E-state index contributed by atoms with van der Waals surface area (Å²) >= 11 is 1.61. The van der Waals surface area contributed by atoms with Crippen LogP contribution < -0.4 is 5.32 Å². The molecule has 2 aromatic rings. The van der Waals surface area contributed by atoms with Crippen molar-refractivity contribution in [2.24, 2.45) is 5.92 Å². The number of nitrogens with one attached hydrogen (secondary N) is 1. The van der Waals surface area contributed by atoms with Crippen LogP contribution in [0.2, 0.25) is 0 Å². The van der Waals surface area contributed by atoms with Gasteiger partial charge < -0.3 is 15.3 Å². The molecule has 0 radical (unpaired) electrons. The Morgan fingerprint density at radius 2 is 1.69 bits per heavy atom. The maximum Gasteiger partial charge on any atom is 0.326 e. The van der Waals surface area contributed by atoms with Gasteiger partial charge in [-0.3, -0.25) is 4.79 Å². The van der Waals surface area contributed by atoms with E-state index in [1.807, 2.05) is 68.8 Å². The lowest BCUT2D eigenvalue weighted by molar-refractivity contribution is -0.143. The molecule has 190 valence electrons. The molecule has 1 aliphatic rings. The minimum absolute atomic E-state index is 0.222. The van der Waals surface area contributed by atoms with Crippen LogP contribution in [0.15, 0.2) is 48.5 Å². The van der Waals surface area contributed by atoms with Gasteiger partial charge in [-0.1, -0.05) is 74.6 Å². The number of rotatable bonds is 12. The van der Waals surface area contributed by atoms with Crippen LogP contribution in [0.1, 0.15) is 67.3 Å². The SMILES string of the molecule is CNC(CCC1CCCCC1)N(C(=O)c1ccccc1-c1ccccc1C)[C@@H](CCSC)C(=O)O. The summed E-state index contributed by atoms with van der Waals surface area (Å²) in [6, 6.07) is 14.7. The summed E-state index contributed by atoms with van der Waals surface area (Å²) in [6.07, 6.45) is 10.1. The van der Waals surface area contributed by atoms with Crippen molar-refractivity contribution < 1.29 is 14.7 Å². The molecule has 1 amide bonds. The number of aliphatic carboxylic acids is 1. The number of carboxylic acids is 1. The summed E-state index contributed by atoms with van der Waals surface area (Å²) in [5.74, 6) is 0.170. The number of nitrogens with zero attached hydrogens (tertiary/aromatic N) is 1. The van der Waals surface area contributed by atoms with E-state index in [9.17, 15) is 14.7 Å². The monoisotopic (exact) mass is 496 g/mol. The third-order valence-electron chi connectivity index (χ3n) is 7.29. The lowest BCUT2D eigenvalue weighted by Gasteiger charge is -2.37. The molecule has 35 heavy (non-hydrogen) atoms. The van der Waals surface area contributed by atoms with E-state index in [1.54, 1.807) is 16.7 Å². The first-order valence-corrected chi connectivity index (χ1v) is 14.2. The highest BCUT2D eigenvalue weighted by Crippen LogP contribution is 2.31. The van der Waals surface area contributed by atoms with Crippen LogP contribution in [-0.2, 0) is 4.79 Å². The van der Waals surface area contributed by atoms with Gasteiger partial charge in [0.15, 0.2) is 0 Å². The molecule has 1 saturated carbocycles. The van der Waals surface area contributed by atoms with Crippen LogP contribution in [0, 0.1) is 12.8 Å². The van der Waals surface area contributed by atoms with E-state index in [-0.39, 0.29) is 12.1 Å². The summed E-state index contributed by atoms with van der Waals surface area (Å²) in [5, 5.41) is 13.5. The van der Waals surface area contributed by atoms with Crippen LogP contribution in [0.4, 0.5) is 0 Å². The van der Waals surface area contributed by atoms with E-state index >= 15 is 0 Å². The molecule has 0 saturated heterocycles. The van der Waals surface area contributed by atoms with Gasteiger partial charge >= 0.3 is 5.97 Å². The van der Waals surface area contributed by atoms with Crippen LogP contribution in [0.3, 0.4) is 0 Å². The summed E-state index contributed by atoms with van der Waals surface area (Å²) in [4.78, 5) is 28.3. The van der Waals surface area contributed by atoms with E-state index in [2.05, 4.69) is 5.32 Å². The number of carbonyl (C=O) groups excluding carboxylic acids is 1. The van der Waals surface area contributed by atoms with Crippen molar-refractivity contribution in [3.63, 3.8) is 0 Å². The van der Waals surface area contributed by atoms with Gasteiger partial charge in [-0.05, 0) is 73.9 Å². The number of thioether (sulfide) groups is 1. The molecule has 2 N–H and O–H groups in total. The quantitative estimate of drug-likeness (QED) is 0.342. The number of hydrogen-bond acceptors (Lipinski definition) is 4. The van der Waals surface area contributed by atoms with Crippen molar-refractivity contribution in [3.05, 3.63) is 59.7 Å². The maximum atomic E-state index is 14.2. The molecule has 6 heteroatoms. The fourth-order valence-corrected chi connectivity index (χ4v) is 5.78. The highest BCUT2D eigenvalue weighted by atomic mass is 32.2. The average Bonchev–Trinajstić information content (AvgIpc) is 2.88. The first kappa shape index (κ1) is 27.3. The molecule has 0 spiro atoms. The Kier molecular flexibility index (Phi) is 10.7. The van der Waals surface area contributed by atoms with Crippen molar-refractivity contribution >= 4 is 23.6 Å². The molecule has 1 aliphatic carbocycles. The second-order valence-corrected chi connectivity index (χ2v) is 10.6. The Hall–Kier alpha value is -2.31. The van der Waals surface area contributed by atoms with E-state index < -0.39 is 12.0 Å². The molecule has 1 fully saturated rings. The van der Waals surface area contributed by atoms with Crippen molar-refractivity contribution in [2.75, 3.05) is 19.1 Å².